The molecule has 0 fully saturated rings. The topological polar surface area (TPSA) is 72.5 Å². The molecule has 0 bridgehead atoms. The van der Waals surface area contributed by atoms with Gasteiger partial charge in [0.05, 0.1) is 6.10 Å². The van der Waals surface area contributed by atoms with Gasteiger partial charge in [0.15, 0.2) is 0 Å². The first-order valence-electron chi connectivity index (χ1n) is 4.81. The number of rotatable bonds is 3. The zero-order valence-corrected chi connectivity index (χ0v) is 9.57. The van der Waals surface area contributed by atoms with Crippen LogP contribution in [0.2, 0.25) is 0 Å². The Hall–Kier alpha value is -0.610. The predicted octanol–water partition coefficient (Wildman–Crippen LogP) is 0.672. The molecular weight excluding hydrogens is 182 g/mol. The third kappa shape index (κ3) is 4.58. The van der Waals surface area contributed by atoms with E-state index in [1.165, 1.54) is 0 Å². The fourth-order valence-electron chi connectivity index (χ4n) is 0.924. The fraction of sp³-hybridized carbons (Fsp3) is 0.900. The lowest BCUT2D eigenvalue weighted by Gasteiger charge is -2.25. The molecule has 0 aromatic rings. The molecule has 0 unspecified atom stereocenters. The minimum Gasteiger partial charge on any atom is -0.459 e. The van der Waals surface area contributed by atoms with Crippen LogP contribution in [0.4, 0.5) is 0 Å². The Morgan fingerprint density at radius 1 is 1.36 bits per heavy atom. The molecule has 0 aromatic carbocycles. The van der Waals surface area contributed by atoms with Crippen LogP contribution in [-0.4, -0.2) is 28.8 Å². The summed E-state index contributed by atoms with van der Waals surface area (Å²) in [5.41, 5.74) is 4.98. The summed E-state index contributed by atoms with van der Waals surface area (Å²) in [6, 6.07) is -0.964. The predicted molar refractivity (Wildman–Crippen MR) is 54.7 cm³/mol. The summed E-state index contributed by atoms with van der Waals surface area (Å²) < 4.78 is 5.05. The number of carbonyl (C=O) groups is 1. The van der Waals surface area contributed by atoms with Crippen LogP contribution in [0.5, 0.6) is 0 Å². The van der Waals surface area contributed by atoms with Gasteiger partial charge in [-0.25, -0.2) is 0 Å². The monoisotopic (exact) mass is 203 g/mol. The van der Waals surface area contributed by atoms with E-state index in [9.17, 15) is 9.90 Å². The van der Waals surface area contributed by atoms with Gasteiger partial charge in [0.25, 0.3) is 0 Å². The molecule has 14 heavy (non-hydrogen) atoms. The van der Waals surface area contributed by atoms with Crippen molar-refractivity contribution >= 4 is 5.97 Å². The number of hydrogen-bond acceptors (Lipinski definition) is 4. The summed E-state index contributed by atoms with van der Waals surface area (Å²) in [6.07, 6.45) is -0.857. The van der Waals surface area contributed by atoms with Crippen molar-refractivity contribution in [2.24, 2.45) is 11.7 Å². The van der Waals surface area contributed by atoms with E-state index in [4.69, 9.17) is 10.5 Å². The zero-order valence-electron chi connectivity index (χ0n) is 9.57. The minimum atomic E-state index is -0.964. The highest BCUT2D eigenvalue weighted by Crippen LogP contribution is 2.11. The minimum absolute atomic E-state index is 0.0579. The van der Waals surface area contributed by atoms with E-state index in [2.05, 4.69) is 0 Å². The maximum absolute atomic E-state index is 11.4. The van der Waals surface area contributed by atoms with E-state index in [0.29, 0.717) is 0 Å². The number of hydrogen-bond donors (Lipinski definition) is 2. The molecule has 0 heterocycles. The van der Waals surface area contributed by atoms with Crippen LogP contribution in [0, 0.1) is 5.92 Å². The number of esters is 1. The van der Waals surface area contributed by atoms with E-state index in [1.54, 1.807) is 34.6 Å². The molecule has 0 spiro atoms. The number of nitrogens with two attached hydrogens (primary N) is 1. The molecule has 0 aliphatic carbocycles. The second-order valence-electron chi connectivity index (χ2n) is 4.79. The Balaban J connectivity index is 4.26. The maximum atomic E-state index is 11.4. The molecule has 0 saturated carbocycles. The van der Waals surface area contributed by atoms with Gasteiger partial charge >= 0.3 is 5.97 Å². The average Bonchev–Trinajstić information content (AvgIpc) is 1.98. The summed E-state index contributed by atoms with van der Waals surface area (Å²) >= 11 is 0. The van der Waals surface area contributed by atoms with Crippen LogP contribution >= 0.6 is 0 Å². The standard InChI is InChI=1S/C10H21NO3/c1-6(2)8(12)7(11)9(13)14-10(3,4)5/h6-8,12H,11H2,1-5H3/t7-,8+/m1/s1. The highest BCUT2D eigenvalue weighted by atomic mass is 16.6. The largest absolute Gasteiger partial charge is 0.459 e. The first-order chi connectivity index (χ1) is 6.15. The SMILES string of the molecule is CC(C)[C@H](O)[C@@H](N)C(=O)OC(C)(C)C. The summed E-state index contributed by atoms with van der Waals surface area (Å²) in [5, 5.41) is 9.54. The first-order valence-corrected chi connectivity index (χ1v) is 4.81. The number of ether oxygens (including phenoxy) is 1. The zero-order chi connectivity index (χ0) is 11.5. The average molecular weight is 203 g/mol. The summed E-state index contributed by atoms with van der Waals surface area (Å²) in [5.74, 6) is -0.615. The highest BCUT2D eigenvalue weighted by Gasteiger charge is 2.29. The summed E-state index contributed by atoms with van der Waals surface area (Å²) in [7, 11) is 0. The number of carbonyl (C=O) groups excluding carboxylic acids is 1. The molecule has 4 nitrogen and oxygen atoms in total. The van der Waals surface area contributed by atoms with Crippen LogP contribution in [0.1, 0.15) is 34.6 Å². The summed E-state index contributed by atoms with van der Waals surface area (Å²) in [4.78, 5) is 11.4. The first kappa shape index (κ1) is 13.4. The van der Waals surface area contributed by atoms with Crippen molar-refractivity contribution in [3.63, 3.8) is 0 Å². The van der Waals surface area contributed by atoms with Crippen LogP contribution in [-0.2, 0) is 9.53 Å². The Kier molecular flexibility index (Phi) is 4.55. The van der Waals surface area contributed by atoms with E-state index in [0.717, 1.165) is 0 Å². The Morgan fingerprint density at radius 2 is 1.79 bits per heavy atom. The van der Waals surface area contributed by atoms with Gasteiger partial charge in [-0.2, -0.15) is 0 Å². The van der Waals surface area contributed by atoms with Gasteiger partial charge in [-0.05, 0) is 26.7 Å². The van der Waals surface area contributed by atoms with Gasteiger partial charge in [0.2, 0.25) is 0 Å². The Labute approximate surface area is 85.4 Å². The van der Waals surface area contributed by atoms with Gasteiger partial charge in [0.1, 0.15) is 11.6 Å². The molecule has 3 N–H and O–H groups in total. The van der Waals surface area contributed by atoms with Crippen molar-refractivity contribution in [3.8, 4) is 0 Å². The van der Waals surface area contributed by atoms with Gasteiger partial charge < -0.3 is 15.6 Å². The van der Waals surface area contributed by atoms with E-state index in [1.807, 2.05) is 0 Å². The van der Waals surface area contributed by atoms with Gasteiger partial charge in [-0.15, -0.1) is 0 Å². The van der Waals surface area contributed by atoms with Crippen molar-refractivity contribution in [2.45, 2.75) is 52.4 Å². The molecule has 0 aromatic heterocycles. The number of aliphatic hydroxyl groups excluding tert-OH is 1. The van der Waals surface area contributed by atoms with Crippen LogP contribution < -0.4 is 5.73 Å². The Bertz CT molecular complexity index is 196. The molecule has 0 saturated heterocycles. The number of aliphatic hydroxyl groups is 1. The Morgan fingerprint density at radius 3 is 2.07 bits per heavy atom. The second kappa shape index (κ2) is 4.75. The summed E-state index contributed by atoms with van der Waals surface area (Å²) in [6.45, 7) is 8.89. The molecular formula is C10H21NO3. The van der Waals surface area contributed by atoms with Gasteiger partial charge in [0, 0.05) is 0 Å². The van der Waals surface area contributed by atoms with Crippen LogP contribution in [0.25, 0.3) is 0 Å². The maximum Gasteiger partial charge on any atom is 0.326 e. The molecule has 2 atom stereocenters. The molecule has 0 aliphatic heterocycles. The van der Waals surface area contributed by atoms with Crippen molar-refractivity contribution in [2.75, 3.05) is 0 Å². The van der Waals surface area contributed by atoms with Crippen LogP contribution in [0.3, 0.4) is 0 Å². The quantitative estimate of drug-likeness (QED) is 0.661. The van der Waals surface area contributed by atoms with Crippen LogP contribution in [0.15, 0.2) is 0 Å². The molecule has 0 rings (SSSR count). The third-order valence-electron chi connectivity index (χ3n) is 1.73. The molecule has 0 aliphatic rings. The van der Waals surface area contributed by atoms with E-state index in [-0.39, 0.29) is 5.92 Å². The third-order valence-corrected chi connectivity index (χ3v) is 1.73. The smallest absolute Gasteiger partial charge is 0.326 e. The van der Waals surface area contributed by atoms with Crippen molar-refractivity contribution in [1.29, 1.82) is 0 Å². The van der Waals surface area contributed by atoms with Crippen molar-refractivity contribution in [1.82, 2.24) is 0 Å². The lowest BCUT2D eigenvalue weighted by molar-refractivity contribution is -0.160. The fourth-order valence-corrected chi connectivity index (χ4v) is 0.924. The molecule has 0 amide bonds. The van der Waals surface area contributed by atoms with Crippen molar-refractivity contribution in [3.05, 3.63) is 0 Å². The van der Waals surface area contributed by atoms with E-state index >= 15 is 0 Å². The van der Waals surface area contributed by atoms with Gasteiger partial charge in [-0.3, -0.25) is 4.79 Å². The lowest BCUT2D eigenvalue weighted by atomic mass is 10.0. The molecule has 84 valence electrons. The normalized spacial score (nSPS) is 16.6. The molecule has 0 radical (unpaired) electrons. The highest BCUT2D eigenvalue weighted by molar-refractivity contribution is 5.76. The lowest BCUT2D eigenvalue weighted by Crippen LogP contribution is -2.47. The second-order valence-corrected chi connectivity index (χ2v) is 4.79. The van der Waals surface area contributed by atoms with E-state index < -0.39 is 23.7 Å². The van der Waals surface area contributed by atoms with Crippen molar-refractivity contribution < 1.29 is 14.6 Å². The molecule has 4 heteroatoms. The van der Waals surface area contributed by atoms with Gasteiger partial charge in [-0.1, -0.05) is 13.8 Å².